The maximum atomic E-state index is 5.87. The SMILES string of the molecule is COc1cc([C@@H](C)N)ccc1OCc1ccccc1Br. The second-order valence-electron chi connectivity index (χ2n) is 4.58. The lowest BCUT2D eigenvalue weighted by molar-refractivity contribution is 0.283. The van der Waals surface area contributed by atoms with E-state index in [2.05, 4.69) is 15.9 Å². The molecule has 0 aliphatic heterocycles. The van der Waals surface area contributed by atoms with E-state index >= 15 is 0 Å². The van der Waals surface area contributed by atoms with Gasteiger partial charge in [0.25, 0.3) is 0 Å². The van der Waals surface area contributed by atoms with Crippen molar-refractivity contribution in [1.29, 1.82) is 0 Å². The van der Waals surface area contributed by atoms with Crippen molar-refractivity contribution in [1.82, 2.24) is 0 Å². The van der Waals surface area contributed by atoms with E-state index in [1.54, 1.807) is 7.11 Å². The van der Waals surface area contributed by atoms with Crippen molar-refractivity contribution in [3.8, 4) is 11.5 Å². The highest BCUT2D eigenvalue weighted by molar-refractivity contribution is 9.10. The Kier molecular flexibility index (Phi) is 5.04. The number of halogens is 1. The summed E-state index contributed by atoms with van der Waals surface area (Å²) in [6.45, 7) is 2.42. The van der Waals surface area contributed by atoms with Gasteiger partial charge in [0.1, 0.15) is 6.61 Å². The van der Waals surface area contributed by atoms with Crippen LogP contribution in [0.3, 0.4) is 0 Å². The molecule has 0 aliphatic carbocycles. The summed E-state index contributed by atoms with van der Waals surface area (Å²) in [7, 11) is 1.63. The molecule has 0 radical (unpaired) electrons. The highest BCUT2D eigenvalue weighted by atomic mass is 79.9. The topological polar surface area (TPSA) is 44.5 Å². The number of methoxy groups -OCH3 is 1. The highest BCUT2D eigenvalue weighted by Gasteiger charge is 2.09. The van der Waals surface area contributed by atoms with Gasteiger partial charge >= 0.3 is 0 Å². The third-order valence-electron chi connectivity index (χ3n) is 3.05. The van der Waals surface area contributed by atoms with Gasteiger partial charge in [-0.15, -0.1) is 0 Å². The molecule has 4 heteroatoms. The molecule has 0 saturated carbocycles. The number of ether oxygens (including phenoxy) is 2. The molecule has 3 nitrogen and oxygen atoms in total. The Labute approximate surface area is 127 Å². The lowest BCUT2D eigenvalue weighted by atomic mass is 10.1. The van der Waals surface area contributed by atoms with Crippen LogP contribution in [-0.4, -0.2) is 7.11 Å². The minimum absolute atomic E-state index is 0.0267. The minimum Gasteiger partial charge on any atom is -0.493 e. The van der Waals surface area contributed by atoms with E-state index in [4.69, 9.17) is 15.2 Å². The summed E-state index contributed by atoms with van der Waals surface area (Å²) < 4.78 is 12.2. The Bertz CT molecular complexity index is 584. The molecule has 0 heterocycles. The van der Waals surface area contributed by atoms with Crippen LogP contribution in [0.4, 0.5) is 0 Å². The summed E-state index contributed by atoms with van der Waals surface area (Å²) in [4.78, 5) is 0. The largest absolute Gasteiger partial charge is 0.493 e. The van der Waals surface area contributed by atoms with Crippen LogP contribution < -0.4 is 15.2 Å². The van der Waals surface area contributed by atoms with Crippen LogP contribution in [0.2, 0.25) is 0 Å². The summed E-state index contributed by atoms with van der Waals surface area (Å²) in [5, 5.41) is 0. The average Bonchev–Trinajstić information content (AvgIpc) is 2.46. The van der Waals surface area contributed by atoms with Crippen molar-refractivity contribution in [2.24, 2.45) is 5.73 Å². The van der Waals surface area contributed by atoms with Gasteiger partial charge < -0.3 is 15.2 Å². The fourth-order valence-corrected chi connectivity index (χ4v) is 2.26. The molecule has 2 rings (SSSR count). The van der Waals surface area contributed by atoms with Crippen molar-refractivity contribution < 1.29 is 9.47 Å². The van der Waals surface area contributed by atoms with Crippen LogP contribution >= 0.6 is 15.9 Å². The quantitative estimate of drug-likeness (QED) is 0.896. The Morgan fingerprint density at radius 2 is 1.90 bits per heavy atom. The maximum absolute atomic E-state index is 5.87. The molecular formula is C16H18BrNO2. The van der Waals surface area contributed by atoms with Crippen molar-refractivity contribution in [2.45, 2.75) is 19.6 Å². The summed E-state index contributed by atoms with van der Waals surface area (Å²) in [5.74, 6) is 1.42. The Balaban J connectivity index is 2.15. The van der Waals surface area contributed by atoms with Crippen LogP contribution in [0.5, 0.6) is 11.5 Å². The second kappa shape index (κ2) is 6.77. The highest BCUT2D eigenvalue weighted by Crippen LogP contribution is 2.31. The van der Waals surface area contributed by atoms with Gasteiger partial charge in [0.15, 0.2) is 11.5 Å². The number of hydrogen-bond donors (Lipinski definition) is 1. The molecule has 1 atom stereocenters. The minimum atomic E-state index is -0.0267. The summed E-state index contributed by atoms with van der Waals surface area (Å²) >= 11 is 3.51. The Morgan fingerprint density at radius 3 is 2.55 bits per heavy atom. The van der Waals surface area contributed by atoms with Gasteiger partial charge in [0, 0.05) is 16.1 Å². The molecular weight excluding hydrogens is 318 g/mol. The van der Waals surface area contributed by atoms with Crippen molar-refractivity contribution in [2.75, 3.05) is 7.11 Å². The third kappa shape index (κ3) is 3.52. The standard InChI is InChI=1S/C16H18BrNO2/c1-11(18)12-7-8-15(16(9-12)19-2)20-10-13-5-3-4-6-14(13)17/h3-9,11H,10,18H2,1-2H3/t11-/m1/s1. The molecule has 2 N–H and O–H groups in total. The van der Waals surface area contributed by atoms with Crippen LogP contribution in [-0.2, 0) is 6.61 Å². The zero-order valence-electron chi connectivity index (χ0n) is 11.6. The van der Waals surface area contributed by atoms with E-state index in [-0.39, 0.29) is 6.04 Å². The molecule has 0 fully saturated rings. The van der Waals surface area contributed by atoms with Crippen LogP contribution in [0, 0.1) is 0 Å². The van der Waals surface area contributed by atoms with Crippen molar-refractivity contribution in [3.63, 3.8) is 0 Å². The number of benzene rings is 2. The van der Waals surface area contributed by atoms with E-state index in [0.717, 1.165) is 15.6 Å². The third-order valence-corrected chi connectivity index (χ3v) is 3.83. The zero-order chi connectivity index (χ0) is 14.5. The number of nitrogens with two attached hydrogens (primary N) is 1. The van der Waals surface area contributed by atoms with Gasteiger partial charge in [-0.2, -0.15) is 0 Å². The lowest BCUT2D eigenvalue weighted by Gasteiger charge is -2.14. The predicted octanol–water partition coefficient (Wildman–Crippen LogP) is 4.06. The van der Waals surface area contributed by atoms with Crippen molar-refractivity contribution in [3.05, 3.63) is 58.1 Å². The molecule has 0 aromatic heterocycles. The fourth-order valence-electron chi connectivity index (χ4n) is 1.86. The van der Waals surface area contributed by atoms with Crippen LogP contribution in [0.25, 0.3) is 0 Å². The molecule has 20 heavy (non-hydrogen) atoms. The van der Waals surface area contributed by atoms with Gasteiger partial charge in [-0.1, -0.05) is 40.2 Å². The summed E-state index contributed by atoms with van der Waals surface area (Å²) in [5.41, 5.74) is 7.98. The molecule has 2 aromatic rings. The summed E-state index contributed by atoms with van der Waals surface area (Å²) in [6, 6.07) is 13.7. The normalized spacial score (nSPS) is 12.0. The number of rotatable bonds is 5. The van der Waals surface area contributed by atoms with Gasteiger partial charge in [-0.05, 0) is 30.7 Å². The first-order chi connectivity index (χ1) is 9.61. The van der Waals surface area contributed by atoms with E-state index in [1.807, 2.05) is 49.4 Å². The van der Waals surface area contributed by atoms with E-state index < -0.39 is 0 Å². The molecule has 0 bridgehead atoms. The number of hydrogen-bond acceptors (Lipinski definition) is 3. The van der Waals surface area contributed by atoms with E-state index in [9.17, 15) is 0 Å². The summed E-state index contributed by atoms with van der Waals surface area (Å²) in [6.07, 6.45) is 0. The van der Waals surface area contributed by atoms with Gasteiger partial charge in [-0.3, -0.25) is 0 Å². The first kappa shape index (κ1) is 14.9. The molecule has 0 amide bonds. The zero-order valence-corrected chi connectivity index (χ0v) is 13.2. The molecule has 0 aliphatic rings. The smallest absolute Gasteiger partial charge is 0.161 e. The molecule has 106 valence electrons. The maximum Gasteiger partial charge on any atom is 0.161 e. The lowest BCUT2D eigenvalue weighted by Crippen LogP contribution is -2.05. The first-order valence-corrected chi connectivity index (χ1v) is 7.21. The molecule has 0 saturated heterocycles. The fraction of sp³-hybridized carbons (Fsp3) is 0.250. The van der Waals surface area contributed by atoms with Gasteiger partial charge in [0.05, 0.1) is 7.11 Å². The van der Waals surface area contributed by atoms with Crippen LogP contribution in [0.1, 0.15) is 24.1 Å². The van der Waals surface area contributed by atoms with Crippen LogP contribution in [0.15, 0.2) is 46.9 Å². The predicted molar refractivity (Wildman–Crippen MR) is 84.1 cm³/mol. The van der Waals surface area contributed by atoms with E-state index in [1.165, 1.54) is 0 Å². The average molecular weight is 336 g/mol. The monoisotopic (exact) mass is 335 g/mol. The first-order valence-electron chi connectivity index (χ1n) is 6.41. The Morgan fingerprint density at radius 1 is 1.15 bits per heavy atom. The second-order valence-corrected chi connectivity index (χ2v) is 5.43. The van der Waals surface area contributed by atoms with E-state index in [0.29, 0.717) is 18.1 Å². The van der Waals surface area contributed by atoms with Gasteiger partial charge in [0.2, 0.25) is 0 Å². The molecule has 0 spiro atoms. The molecule has 0 unspecified atom stereocenters. The van der Waals surface area contributed by atoms with Crippen molar-refractivity contribution >= 4 is 15.9 Å². The van der Waals surface area contributed by atoms with Gasteiger partial charge in [-0.25, -0.2) is 0 Å². The Hall–Kier alpha value is -1.52. The molecule has 2 aromatic carbocycles.